The molecule has 154 valence electrons. The number of rotatable bonds is 7. The first kappa shape index (κ1) is 22.1. The van der Waals surface area contributed by atoms with Gasteiger partial charge in [-0.15, -0.1) is 0 Å². The van der Waals surface area contributed by atoms with E-state index in [1.165, 1.54) is 18.2 Å². The van der Waals surface area contributed by atoms with Gasteiger partial charge in [-0.25, -0.2) is 8.78 Å². The highest BCUT2D eigenvalue weighted by Crippen LogP contribution is 2.39. The van der Waals surface area contributed by atoms with E-state index in [1.54, 1.807) is 0 Å². The van der Waals surface area contributed by atoms with E-state index in [1.807, 2.05) is 20.8 Å². The van der Waals surface area contributed by atoms with E-state index >= 15 is 0 Å². The minimum atomic E-state index is -4.65. The van der Waals surface area contributed by atoms with Gasteiger partial charge in [0.15, 0.2) is 0 Å². The molecule has 1 aromatic heterocycles. The van der Waals surface area contributed by atoms with Crippen molar-refractivity contribution >= 4 is 0 Å². The predicted molar refractivity (Wildman–Crippen MR) is 97.2 cm³/mol. The van der Waals surface area contributed by atoms with Crippen LogP contribution in [0.15, 0.2) is 36.5 Å². The lowest BCUT2D eigenvalue weighted by Gasteiger charge is -2.24. The van der Waals surface area contributed by atoms with Crippen molar-refractivity contribution in [1.82, 2.24) is 4.98 Å². The fourth-order valence-corrected chi connectivity index (χ4v) is 2.99. The van der Waals surface area contributed by atoms with Crippen LogP contribution in [0.2, 0.25) is 0 Å². The van der Waals surface area contributed by atoms with E-state index in [0.717, 1.165) is 18.3 Å². The third kappa shape index (κ3) is 6.15. The SMILES string of the molecule is CC(COc1ccc(-c2ccnc(C(F)F)c2)cc1C(F)(F)F)CC(C)(C)N. The molecule has 0 spiro atoms. The van der Waals surface area contributed by atoms with Gasteiger partial charge in [-0.1, -0.05) is 13.0 Å². The first-order valence-electron chi connectivity index (χ1n) is 8.74. The zero-order valence-corrected chi connectivity index (χ0v) is 15.9. The number of halogens is 5. The molecule has 0 fully saturated rings. The Morgan fingerprint density at radius 3 is 2.29 bits per heavy atom. The van der Waals surface area contributed by atoms with Crippen LogP contribution in [-0.4, -0.2) is 17.1 Å². The van der Waals surface area contributed by atoms with Crippen molar-refractivity contribution in [3.05, 3.63) is 47.8 Å². The second-order valence-corrected chi connectivity index (χ2v) is 7.59. The maximum absolute atomic E-state index is 13.5. The number of pyridine rings is 1. The molecule has 2 N–H and O–H groups in total. The lowest BCUT2D eigenvalue weighted by molar-refractivity contribution is -0.139. The molecular weight excluding hydrogens is 379 g/mol. The molecular formula is C20H23F5N2O. The van der Waals surface area contributed by atoms with Gasteiger partial charge in [0.05, 0.1) is 12.2 Å². The number of alkyl halides is 5. The molecule has 8 heteroatoms. The van der Waals surface area contributed by atoms with Gasteiger partial charge >= 0.3 is 6.18 Å². The van der Waals surface area contributed by atoms with E-state index in [-0.39, 0.29) is 29.4 Å². The molecule has 0 saturated carbocycles. The van der Waals surface area contributed by atoms with Gasteiger partial charge in [0.1, 0.15) is 11.4 Å². The lowest BCUT2D eigenvalue weighted by atomic mass is 9.93. The minimum Gasteiger partial charge on any atom is -0.493 e. The van der Waals surface area contributed by atoms with Gasteiger partial charge in [0, 0.05) is 11.7 Å². The smallest absolute Gasteiger partial charge is 0.419 e. The third-order valence-corrected chi connectivity index (χ3v) is 4.02. The number of nitrogens with two attached hydrogens (primary N) is 1. The van der Waals surface area contributed by atoms with Crippen molar-refractivity contribution in [2.24, 2.45) is 11.7 Å². The van der Waals surface area contributed by atoms with Crippen LogP contribution in [0.4, 0.5) is 22.0 Å². The zero-order valence-electron chi connectivity index (χ0n) is 15.9. The summed E-state index contributed by atoms with van der Waals surface area (Å²) in [4.78, 5) is 3.52. The molecule has 1 unspecified atom stereocenters. The van der Waals surface area contributed by atoms with Crippen molar-refractivity contribution < 1.29 is 26.7 Å². The summed E-state index contributed by atoms with van der Waals surface area (Å²) in [7, 11) is 0. The van der Waals surface area contributed by atoms with Gasteiger partial charge in [-0.3, -0.25) is 4.98 Å². The van der Waals surface area contributed by atoms with Gasteiger partial charge in [-0.2, -0.15) is 13.2 Å². The average molecular weight is 402 g/mol. The fraction of sp³-hybridized carbons (Fsp3) is 0.450. The Morgan fingerprint density at radius 2 is 1.71 bits per heavy atom. The third-order valence-electron chi connectivity index (χ3n) is 4.02. The standard InChI is InChI=1S/C20H23F5N2O/c1-12(10-19(2,3)26)11-28-17-5-4-13(8-15(17)20(23,24)25)14-6-7-27-16(9-14)18(21)22/h4-9,12,18H,10-11,26H2,1-3H3. The van der Waals surface area contributed by atoms with Crippen LogP contribution in [0, 0.1) is 5.92 Å². The molecule has 1 aromatic carbocycles. The number of nitrogens with zero attached hydrogens (tertiary/aromatic N) is 1. The van der Waals surface area contributed by atoms with Crippen LogP contribution >= 0.6 is 0 Å². The van der Waals surface area contributed by atoms with Crippen LogP contribution in [0.1, 0.15) is 44.9 Å². The molecule has 1 heterocycles. The van der Waals surface area contributed by atoms with Crippen molar-refractivity contribution in [3.8, 4) is 16.9 Å². The van der Waals surface area contributed by atoms with Crippen molar-refractivity contribution in [1.29, 1.82) is 0 Å². The van der Waals surface area contributed by atoms with Gasteiger partial charge < -0.3 is 10.5 Å². The molecule has 0 aliphatic rings. The quantitative estimate of drug-likeness (QED) is 0.591. The number of ether oxygens (including phenoxy) is 1. The zero-order chi connectivity index (χ0) is 21.1. The van der Waals surface area contributed by atoms with Gasteiger partial charge in [0.2, 0.25) is 0 Å². The summed E-state index contributed by atoms with van der Waals surface area (Å²) < 4.78 is 71.6. The molecule has 0 aliphatic heterocycles. The Hall–Kier alpha value is -2.22. The Balaban J connectivity index is 2.30. The molecule has 1 atom stereocenters. The van der Waals surface area contributed by atoms with Crippen molar-refractivity contribution in [3.63, 3.8) is 0 Å². The van der Waals surface area contributed by atoms with Gasteiger partial charge in [-0.05, 0) is 61.6 Å². The molecule has 0 radical (unpaired) electrons. The molecule has 0 saturated heterocycles. The monoisotopic (exact) mass is 402 g/mol. The first-order valence-corrected chi connectivity index (χ1v) is 8.74. The summed E-state index contributed by atoms with van der Waals surface area (Å²) in [6.07, 6.45) is -5.73. The van der Waals surface area contributed by atoms with Crippen LogP contribution < -0.4 is 10.5 Å². The molecule has 2 rings (SSSR count). The first-order chi connectivity index (χ1) is 12.9. The second kappa shape index (κ2) is 8.43. The Labute approximate surface area is 160 Å². The van der Waals surface area contributed by atoms with Crippen LogP contribution in [-0.2, 0) is 6.18 Å². The number of aromatic nitrogens is 1. The molecule has 0 bridgehead atoms. The summed E-state index contributed by atoms with van der Waals surface area (Å²) in [5, 5.41) is 0. The Bertz CT molecular complexity index is 800. The predicted octanol–water partition coefficient (Wildman–Crippen LogP) is 5.85. The lowest BCUT2D eigenvalue weighted by Crippen LogP contribution is -2.35. The minimum absolute atomic E-state index is 0.0467. The highest BCUT2D eigenvalue weighted by Gasteiger charge is 2.35. The molecule has 3 nitrogen and oxygen atoms in total. The second-order valence-electron chi connectivity index (χ2n) is 7.59. The Morgan fingerprint density at radius 1 is 1.07 bits per heavy atom. The molecule has 28 heavy (non-hydrogen) atoms. The Kier molecular flexibility index (Phi) is 6.64. The normalized spacial score (nSPS) is 13.6. The van der Waals surface area contributed by atoms with Crippen molar-refractivity contribution in [2.75, 3.05) is 6.61 Å². The highest BCUT2D eigenvalue weighted by atomic mass is 19.4. The van der Waals surface area contributed by atoms with E-state index in [9.17, 15) is 22.0 Å². The summed E-state index contributed by atoms with van der Waals surface area (Å²) in [5.74, 6) is -0.351. The van der Waals surface area contributed by atoms with Crippen LogP contribution in [0.25, 0.3) is 11.1 Å². The van der Waals surface area contributed by atoms with Crippen LogP contribution in [0.3, 0.4) is 0 Å². The van der Waals surface area contributed by atoms with E-state index < -0.39 is 29.4 Å². The molecule has 0 amide bonds. The largest absolute Gasteiger partial charge is 0.493 e. The van der Waals surface area contributed by atoms with Crippen molar-refractivity contribution in [2.45, 2.75) is 45.3 Å². The highest BCUT2D eigenvalue weighted by molar-refractivity contribution is 5.66. The maximum Gasteiger partial charge on any atom is 0.419 e. The average Bonchev–Trinajstić information content (AvgIpc) is 2.57. The fourth-order valence-electron chi connectivity index (χ4n) is 2.99. The topological polar surface area (TPSA) is 48.1 Å². The number of hydrogen-bond acceptors (Lipinski definition) is 3. The maximum atomic E-state index is 13.5. The van der Waals surface area contributed by atoms with E-state index in [4.69, 9.17) is 10.5 Å². The van der Waals surface area contributed by atoms with Gasteiger partial charge in [0.25, 0.3) is 6.43 Å². The summed E-state index contributed by atoms with van der Waals surface area (Å²) in [6, 6.07) is 5.98. The number of benzene rings is 1. The van der Waals surface area contributed by atoms with E-state index in [2.05, 4.69) is 4.98 Å². The number of hydrogen-bond donors (Lipinski definition) is 1. The molecule has 0 aliphatic carbocycles. The molecule has 2 aromatic rings. The summed E-state index contributed by atoms with van der Waals surface area (Å²) >= 11 is 0. The van der Waals surface area contributed by atoms with E-state index in [0.29, 0.717) is 6.42 Å². The summed E-state index contributed by atoms with van der Waals surface area (Å²) in [6.45, 7) is 5.59. The summed E-state index contributed by atoms with van der Waals surface area (Å²) in [5.41, 5.74) is 4.39. The van der Waals surface area contributed by atoms with Crippen LogP contribution in [0.5, 0.6) is 5.75 Å².